The molecule has 1 aromatic carbocycles. The molecule has 18 heavy (non-hydrogen) atoms. The third-order valence-electron chi connectivity index (χ3n) is 2.48. The number of rotatable bonds is 5. The molecule has 1 heterocycles. The Kier molecular flexibility index (Phi) is 3.57. The van der Waals surface area contributed by atoms with Gasteiger partial charge in [0.2, 0.25) is 0 Å². The summed E-state index contributed by atoms with van der Waals surface area (Å²) < 4.78 is 7.19. The lowest BCUT2D eigenvalue weighted by atomic mass is 10.1. The SMILES string of the molecule is Cn1ncnc1COc1ccccc1CC(=O)O. The average Bonchev–Trinajstić information content (AvgIpc) is 2.73. The van der Waals surface area contributed by atoms with Gasteiger partial charge in [0.05, 0.1) is 6.42 Å². The fourth-order valence-corrected chi connectivity index (χ4v) is 1.55. The van der Waals surface area contributed by atoms with Crippen molar-refractivity contribution < 1.29 is 14.6 Å². The lowest BCUT2D eigenvalue weighted by Gasteiger charge is -2.09. The van der Waals surface area contributed by atoms with Gasteiger partial charge in [-0.2, -0.15) is 5.10 Å². The fourth-order valence-electron chi connectivity index (χ4n) is 1.55. The Morgan fingerprint density at radius 1 is 1.44 bits per heavy atom. The van der Waals surface area contributed by atoms with Crippen LogP contribution in [0.3, 0.4) is 0 Å². The molecular weight excluding hydrogens is 234 g/mol. The Morgan fingerprint density at radius 2 is 2.22 bits per heavy atom. The van der Waals surface area contributed by atoms with Gasteiger partial charge in [-0.25, -0.2) is 4.98 Å². The van der Waals surface area contributed by atoms with E-state index >= 15 is 0 Å². The molecule has 0 fully saturated rings. The summed E-state index contributed by atoms with van der Waals surface area (Å²) in [5.74, 6) is 0.354. The quantitative estimate of drug-likeness (QED) is 0.853. The molecule has 6 nitrogen and oxygen atoms in total. The summed E-state index contributed by atoms with van der Waals surface area (Å²) in [5, 5.41) is 12.7. The number of carbonyl (C=O) groups is 1. The third-order valence-corrected chi connectivity index (χ3v) is 2.48. The third kappa shape index (κ3) is 2.85. The smallest absolute Gasteiger partial charge is 0.307 e. The Hall–Kier alpha value is -2.37. The van der Waals surface area contributed by atoms with Crippen LogP contribution in [0.5, 0.6) is 5.75 Å². The molecule has 6 heteroatoms. The van der Waals surface area contributed by atoms with E-state index in [0.717, 1.165) is 0 Å². The standard InChI is InChI=1S/C12H13N3O3/c1-15-11(13-8-14-15)7-18-10-5-3-2-4-9(10)6-12(16)17/h2-5,8H,6-7H2,1H3,(H,16,17). The molecule has 0 atom stereocenters. The van der Waals surface area contributed by atoms with E-state index < -0.39 is 5.97 Å². The van der Waals surface area contributed by atoms with E-state index in [9.17, 15) is 4.79 Å². The maximum Gasteiger partial charge on any atom is 0.307 e. The molecule has 0 saturated heterocycles. The highest BCUT2D eigenvalue weighted by atomic mass is 16.5. The van der Waals surface area contributed by atoms with Gasteiger partial charge in [0.1, 0.15) is 18.7 Å². The Balaban J connectivity index is 2.09. The van der Waals surface area contributed by atoms with Crippen LogP contribution in [-0.4, -0.2) is 25.8 Å². The molecule has 0 aliphatic rings. The number of benzene rings is 1. The molecule has 2 rings (SSSR count). The second-order valence-corrected chi connectivity index (χ2v) is 3.77. The van der Waals surface area contributed by atoms with Crippen molar-refractivity contribution in [3.63, 3.8) is 0 Å². The lowest BCUT2D eigenvalue weighted by Crippen LogP contribution is -2.07. The first kappa shape index (κ1) is 12.1. The van der Waals surface area contributed by atoms with Gasteiger partial charge in [-0.05, 0) is 6.07 Å². The molecule has 1 N–H and O–H groups in total. The van der Waals surface area contributed by atoms with Gasteiger partial charge >= 0.3 is 5.97 Å². The molecule has 0 bridgehead atoms. The van der Waals surface area contributed by atoms with Crippen LogP contribution in [0.1, 0.15) is 11.4 Å². The minimum Gasteiger partial charge on any atom is -0.485 e. The highest BCUT2D eigenvalue weighted by Gasteiger charge is 2.08. The number of aliphatic carboxylic acids is 1. The summed E-state index contributed by atoms with van der Waals surface area (Å²) in [5.41, 5.74) is 0.646. The van der Waals surface area contributed by atoms with E-state index in [0.29, 0.717) is 17.1 Å². The van der Waals surface area contributed by atoms with Crippen molar-refractivity contribution in [3.05, 3.63) is 42.0 Å². The molecule has 0 amide bonds. The van der Waals surface area contributed by atoms with Crippen LogP contribution in [0.15, 0.2) is 30.6 Å². The highest BCUT2D eigenvalue weighted by molar-refractivity contribution is 5.71. The summed E-state index contributed by atoms with van der Waals surface area (Å²) in [6, 6.07) is 7.07. The van der Waals surface area contributed by atoms with E-state index in [1.807, 2.05) is 0 Å². The number of ether oxygens (including phenoxy) is 1. The minimum absolute atomic E-state index is 0.0605. The zero-order valence-corrected chi connectivity index (χ0v) is 9.91. The van der Waals surface area contributed by atoms with E-state index in [2.05, 4.69) is 10.1 Å². The Labute approximate surface area is 104 Å². The first-order valence-electron chi connectivity index (χ1n) is 5.42. The molecule has 0 aliphatic carbocycles. The van der Waals surface area contributed by atoms with E-state index in [1.54, 1.807) is 36.0 Å². The molecule has 94 valence electrons. The minimum atomic E-state index is -0.885. The number of hydrogen-bond donors (Lipinski definition) is 1. The van der Waals surface area contributed by atoms with Crippen molar-refractivity contribution in [3.8, 4) is 5.75 Å². The largest absolute Gasteiger partial charge is 0.485 e. The summed E-state index contributed by atoms with van der Waals surface area (Å²) in [4.78, 5) is 14.8. The fraction of sp³-hybridized carbons (Fsp3) is 0.250. The first-order valence-corrected chi connectivity index (χ1v) is 5.42. The van der Waals surface area contributed by atoms with Crippen molar-refractivity contribution in [2.24, 2.45) is 7.05 Å². The number of hydrogen-bond acceptors (Lipinski definition) is 4. The molecule has 0 radical (unpaired) electrons. The van der Waals surface area contributed by atoms with Crippen LogP contribution >= 0.6 is 0 Å². The molecule has 1 aromatic heterocycles. The number of aryl methyl sites for hydroxylation is 1. The molecule has 2 aromatic rings. The average molecular weight is 247 g/mol. The zero-order chi connectivity index (χ0) is 13.0. The lowest BCUT2D eigenvalue weighted by molar-refractivity contribution is -0.136. The van der Waals surface area contributed by atoms with Crippen LogP contribution in [-0.2, 0) is 24.9 Å². The maximum absolute atomic E-state index is 10.7. The maximum atomic E-state index is 10.7. The molecular formula is C12H13N3O3. The molecule has 0 aliphatic heterocycles. The van der Waals surface area contributed by atoms with E-state index in [1.165, 1.54) is 6.33 Å². The van der Waals surface area contributed by atoms with Gasteiger partial charge < -0.3 is 9.84 Å². The van der Waals surface area contributed by atoms with Crippen molar-refractivity contribution >= 4 is 5.97 Å². The van der Waals surface area contributed by atoms with Crippen molar-refractivity contribution in [1.29, 1.82) is 0 Å². The number of carboxylic acid groups (broad SMARTS) is 1. The number of para-hydroxylation sites is 1. The van der Waals surface area contributed by atoms with Crippen LogP contribution in [0.2, 0.25) is 0 Å². The second-order valence-electron chi connectivity index (χ2n) is 3.77. The molecule has 0 saturated carbocycles. The Bertz CT molecular complexity index is 551. The topological polar surface area (TPSA) is 77.2 Å². The molecule has 0 spiro atoms. The van der Waals surface area contributed by atoms with Crippen LogP contribution < -0.4 is 4.74 Å². The number of aromatic nitrogens is 3. The van der Waals surface area contributed by atoms with Gasteiger partial charge in [0.25, 0.3) is 0 Å². The van der Waals surface area contributed by atoms with E-state index in [4.69, 9.17) is 9.84 Å². The number of nitrogens with zero attached hydrogens (tertiary/aromatic N) is 3. The van der Waals surface area contributed by atoms with Gasteiger partial charge in [-0.1, -0.05) is 18.2 Å². The Morgan fingerprint density at radius 3 is 2.89 bits per heavy atom. The highest BCUT2D eigenvalue weighted by Crippen LogP contribution is 2.19. The predicted molar refractivity (Wildman–Crippen MR) is 63.1 cm³/mol. The van der Waals surface area contributed by atoms with Gasteiger partial charge in [-0.3, -0.25) is 9.48 Å². The van der Waals surface area contributed by atoms with Gasteiger partial charge in [-0.15, -0.1) is 0 Å². The monoisotopic (exact) mass is 247 g/mol. The van der Waals surface area contributed by atoms with Crippen molar-refractivity contribution in [2.45, 2.75) is 13.0 Å². The van der Waals surface area contributed by atoms with Crippen molar-refractivity contribution in [1.82, 2.24) is 14.8 Å². The van der Waals surface area contributed by atoms with Crippen molar-refractivity contribution in [2.75, 3.05) is 0 Å². The van der Waals surface area contributed by atoms with Crippen LogP contribution in [0.4, 0.5) is 0 Å². The molecule has 0 unspecified atom stereocenters. The summed E-state index contributed by atoms with van der Waals surface area (Å²) in [6.07, 6.45) is 1.39. The van der Waals surface area contributed by atoms with Crippen LogP contribution in [0, 0.1) is 0 Å². The summed E-state index contributed by atoms with van der Waals surface area (Å²) >= 11 is 0. The summed E-state index contributed by atoms with van der Waals surface area (Å²) in [6.45, 7) is 0.257. The number of carboxylic acids is 1. The summed E-state index contributed by atoms with van der Waals surface area (Å²) in [7, 11) is 1.77. The van der Waals surface area contributed by atoms with Crippen LogP contribution in [0.25, 0.3) is 0 Å². The first-order chi connectivity index (χ1) is 8.66. The zero-order valence-electron chi connectivity index (χ0n) is 9.91. The van der Waals surface area contributed by atoms with Gasteiger partial charge in [0, 0.05) is 12.6 Å². The van der Waals surface area contributed by atoms with E-state index in [-0.39, 0.29) is 13.0 Å². The van der Waals surface area contributed by atoms with Gasteiger partial charge in [0.15, 0.2) is 5.82 Å². The normalized spacial score (nSPS) is 10.3. The second kappa shape index (κ2) is 5.31. The predicted octanol–water partition coefficient (Wildman–Crippen LogP) is 1.02.